The molecule has 12 heteroatoms. The van der Waals surface area contributed by atoms with Gasteiger partial charge in [0.05, 0.1) is 29.7 Å². The molecule has 2 N–H and O–H groups in total. The van der Waals surface area contributed by atoms with Gasteiger partial charge in [0.15, 0.2) is 6.61 Å². The normalized spacial score (nSPS) is 26.1. The number of ether oxygens (including phenoxy) is 2. The minimum atomic E-state index is -0.465. The first-order valence-electron chi connectivity index (χ1n) is 16.4. The Labute approximate surface area is 299 Å². The minimum absolute atomic E-state index is 0.0143. The van der Waals surface area contributed by atoms with Crippen LogP contribution in [0.3, 0.4) is 0 Å². The molecule has 252 valence electrons. The van der Waals surface area contributed by atoms with E-state index in [0.29, 0.717) is 27.9 Å². The van der Waals surface area contributed by atoms with Crippen molar-refractivity contribution in [2.75, 3.05) is 23.9 Å². The summed E-state index contributed by atoms with van der Waals surface area (Å²) < 4.78 is 11.5. The number of hydrogen-bond donors (Lipinski definition) is 2. The number of thiazole rings is 1. The quantitative estimate of drug-likeness (QED) is 0.175. The smallest absolute Gasteiger partial charge is 0.305 e. The monoisotopic (exact) mass is 723 g/mol. The third kappa shape index (κ3) is 4.97. The van der Waals surface area contributed by atoms with Gasteiger partial charge in [0.2, 0.25) is 11.8 Å². The first-order chi connectivity index (χ1) is 24.3. The molecule has 0 spiro atoms. The number of amides is 3. The number of fused-ring (bicyclic) bond motifs is 10. The number of carbonyl (C=O) groups is 3. The van der Waals surface area contributed by atoms with Crippen LogP contribution < -0.4 is 24.6 Å². The molecule has 1 saturated heterocycles. The number of carbonyl (C=O) groups excluding carboxylic acids is 3. The highest BCUT2D eigenvalue weighted by atomic mass is 35.5. The minimum Gasteiger partial charge on any atom is -0.497 e. The summed E-state index contributed by atoms with van der Waals surface area (Å²) in [6, 6.07) is 26.0. The lowest BCUT2D eigenvalue weighted by Gasteiger charge is -2.43. The van der Waals surface area contributed by atoms with Crippen LogP contribution in [0.2, 0.25) is 5.02 Å². The molecule has 2 aliphatic carbocycles. The van der Waals surface area contributed by atoms with Crippen molar-refractivity contribution in [2.45, 2.75) is 22.6 Å². The zero-order chi connectivity index (χ0) is 34.3. The number of aromatic nitrogens is 1. The largest absolute Gasteiger partial charge is 0.497 e. The van der Waals surface area contributed by atoms with Crippen LogP contribution in [0.1, 0.15) is 22.8 Å². The number of nitrogens with one attached hydrogen (secondary N) is 2. The van der Waals surface area contributed by atoms with Gasteiger partial charge in [0, 0.05) is 32.3 Å². The van der Waals surface area contributed by atoms with Gasteiger partial charge in [-0.1, -0.05) is 53.3 Å². The zero-order valence-electron chi connectivity index (χ0n) is 26.6. The predicted octanol–water partition coefficient (Wildman–Crippen LogP) is 6.95. The molecule has 9 rings (SSSR count). The summed E-state index contributed by atoms with van der Waals surface area (Å²) in [6.45, 7) is -0.242. The number of hydrogen-bond acceptors (Lipinski definition) is 8. The zero-order valence-corrected chi connectivity index (χ0v) is 29.0. The lowest BCUT2D eigenvalue weighted by molar-refractivity contribution is -0.123. The molecular formula is C38H30ClN3O6S2. The van der Waals surface area contributed by atoms with Crippen molar-refractivity contribution in [3.8, 4) is 11.5 Å². The molecule has 3 heterocycles. The summed E-state index contributed by atoms with van der Waals surface area (Å²) in [5, 5.41) is 6.28. The van der Waals surface area contributed by atoms with Crippen LogP contribution in [0, 0.1) is 29.6 Å². The van der Waals surface area contributed by atoms with E-state index in [2.05, 4.69) is 10.3 Å². The number of methoxy groups -OCH3 is 1. The number of rotatable bonds is 7. The van der Waals surface area contributed by atoms with Crippen LogP contribution in [0.25, 0.3) is 10.8 Å². The second-order valence-corrected chi connectivity index (χ2v) is 15.9. The molecule has 3 fully saturated rings. The molecule has 2 saturated carbocycles. The average Bonchev–Trinajstić information content (AvgIpc) is 3.86. The standard InChI is InChI=1S/C38H30ClN3O6S2/c1-47-23-11-9-22(10-12-23)42-36(44)31-25-16-26(32(31)37(42)45)33-30(25)29(34-35(49-33)41-38(46)50-34)24-15-20(39)7-13-27(24)48-17-28(43)40-21-8-6-18-4-2-3-5-19(18)14-21/h2-15,25-26,29-33H,16-17H2,1H3,(H,40,43)(H,41,46)/t25-,26-,29+,30-,31+,32+,33-/m1/s1. The van der Waals surface area contributed by atoms with Gasteiger partial charge >= 0.3 is 4.87 Å². The van der Waals surface area contributed by atoms with Crippen molar-refractivity contribution >= 4 is 74.6 Å². The Balaban J connectivity index is 1.03. The number of halogens is 1. The Morgan fingerprint density at radius 3 is 2.48 bits per heavy atom. The molecule has 5 aromatic rings. The van der Waals surface area contributed by atoms with Crippen LogP contribution in [0.4, 0.5) is 11.4 Å². The molecular weight excluding hydrogens is 694 g/mol. The van der Waals surface area contributed by atoms with Gasteiger partial charge in [0.1, 0.15) is 11.5 Å². The molecule has 1 aromatic heterocycles. The highest BCUT2D eigenvalue weighted by Gasteiger charge is 2.70. The number of imide groups is 1. The molecule has 3 amide bonds. The van der Waals surface area contributed by atoms with Gasteiger partial charge in [-0.3, -0.25) is 24.1 Å². The second-order valence-electron chi connectivity index (χ2n) is 13.3. The van der Waals surface area contributed by atoms with E-state index in [-0.39, 0.29) is 58.1 Å². The maximum Gasteiger partial charge on any atom is 0.305 e. The number of thioether (sulfide) groups is 1. The average molecular weight is 724 g/mol. The molecule has 50 heavy (non-hydrogen) atoms. The maximum atomic E-state index is 14.2. The van der Waals surface area contributed by atoms with E-state index in [1.807, 2.05) is 48.5 Å². The van der Waals surface area contributed by atoms with E-state index in [1.165, 1.54) is 4.90 Å². The number of anilines is 2. The fraction of sp³-hybridized carbons (Fsp3) is 0.263. The van der Waals surface area contributed by atoms with E-state index in [0.717, 1.165) is 44.0 Å². The Kier molecular flexibility index (Phi) is 7.56. The molecule has 4 aromatic carbocycles. The lowest BCUT2D eigenvalue weighted by Crippen LogP contribution is -2.42. The molecule has 2 bridgehead atoms. The number of aromatic amines is 1. The van der Waals surface area contributed by atoms with E-state index >= 15 is 0 Å². The summed E-state index contributed by atoms with van der Waals surface area (Å²) in [6.07, 6.45) is 0.742. The first-order valence-corrected chi connectivity index (χ1v) is 18.5. The molecule has 9 nitrogen and oxygen atoms in total. The maximum absolute atomic E-state index is 14.2. The molecule has 0 unspecified atom stereocenters. The van der Waals surface area contributed by atoms with Gasteiger partial charge in [-0.25, -0.2) is 0 Å². The van der Waals surface area contributed by atoms with E-state index in [4.69, 9.17) is 21.1 Å². The van der Waals surface area contributed by atoms with Crippen molar-refractivity contribution in [1.29, 1.82) is 0 Å². The SMILES string of the molecule is COc1ccc(N2C(=O)[C@H]3[C@H]4C[C@@H]([C@@H]3C2=O)[C@@H]2[C@H](c3cc(Cl)ccc3OCC(=O)Nc3ccc5ccccc5c3)c3sc(=O)[nH]c3S[C@H]42)cc1. The highest BCUT2D eigenvalue weighted by Crippen LogP contribution is 2.69. The van der Waals surface area contributed by atoms with Crippen molar-refractivity contribution in [1.82, 2.24) is 4.98 Å². The van der Waals surface area contributed by atoms with Crippen LogP contribution in [-0.2, 0) is 14.4 Å². The van der Waals surface area contributed by atoms with E-state index in [1.54, 1.807) is 55.3 Å². The summed E-state index contributed by atoms with van der Waals surface area (Å²) >= 11 is 9.39. The van der Waals surface area contributed by atoms with Crippen molar-refractivity contribution in [2.24, 2.45) is 29.6 Å². The summed E-state index contributed by atoms with van der Waals surface area (Å²) in [5.74, 6) is -0.962. The van der Waals surface area contributed by atoms with Crippen molar-refractivity contribution in [3.05, 3.63) is 110 Å². The van der Waals surface area contributed by atoms with Crippen molar-refractivity contribution in [3.63, 3.8) is 0 Å². The van der Waals surface area contributed by atoms with Gasteiger partial charge < -0.3 is 19.8 Å². The Hall–Kier alpha value is -4.58. The van der Waals surface area contributed by atoms with Gasteiger partial charge in [-0.2, -0.15) is 0 Å². The second kappa shape index (κ2) is 12.0. The van der Waals surface area contributed by atoms with Gasteiger partial charge in [-0.15, -0.1) is 11.8 Å². The fourth-order valence-corrected chi connectivity index (χ4v) is 11.9. The Morgan fingerprint density at radius 2 is 1.70 bits per heavy atom. The lowest BCUT2D eigenvalue weighted by atomic mass is 9.68. The first kappa shape index (κ1) is 31.4. The third-order valence-corrected chi connectivity index (χ3v) is 13.6. The van der Waals surface area contributed by atoms with Crippen LogP contribution >= 0.6 is 34.7 Å². The van der Waals surface area contributed by atoms with Crippen LogP contribution in [-0.4, -0.2) is 41.7 Å². The van der Waals surface area contributed by atoms with Gasteiger partial charge in [-0.05, 0) is 89.5 Å². The summed E-state index contributed by atoms with van der Waals surface area (Å²) in [4.78, 5) is 59.2. The van der Waals surface area contributed by atoms with Crippen LogP contribution in [0.15, 0.2) is 94.7 Å². The molecule has 0 radical (unpaired) electrons. The third-order valence-electron chi connectivity index (χ3n) is 10.8. The molecule has 2 aliphatic heterocycles. The molecule has 4 aliphatic rings. The number of benzene rings is 4. The Bertz CT molecular complexity index is 2270. The summed E-state index contributed by atoms with van der Waals surface area (Å²) in [7, 11) is 1.57. The Morgan fingerprint density at radius 1 is 0.940 bits per heavy atom. The fourth-order valence-electron chi connectivity index (χ4n) is 8.85. The molecule has 7 atom stereocenters. The van der Waals surface area contributed by atoms with Crippen LogP contribution in [0.5, 0.6) is 11.5 Å². The predicted molar refractivity (Wildman–Crippen MR) is 194 cm³/mol. The topological polar surface area (TPSA) is 118 Å². The van der Waals surface area contributed by atoms with E-state index in [9.17, 15) is 19.2 Å². The van der Waals surface area contributed by atoms with E-state index < -0.39 is 11.8 Å². The summed E-state index contributed by atoms with van der Waals surface area (Å²) in [5.41, 5.74) is 1.96. The van der Waals surface area contributed by atoms with Crippen molar-refractivity contribution < 1.29 is 23.9 Å². The van der Waals surface area contributed by atoms with Gasteiger partial charge in [0.25, 0.3) is 5.91 Å². The number of H-pyrrole nitrogens is 1. The highest BCUT2D eigenvalue weighted by molar-refractivity contribution is 8.00. The number of nitrogens with zero attached hydrogens (tertiary/aromatic N) is 1.